The van der Waals surface area contributed by atoms with Gasteiger partial charge in [0.05, 0.1) is 6.04 Å². The molecule has 3 nitrogen and oxygen atoms in total. The molecular weight excluding hydrogens is 316 g/mol. The van der Waals surface area contributed by atoms with Crippen molar-refractivity contribution in [3.05, 3.63) is 34.3 Å². The fraction of sp³-hybridized carbons (Fsp3) is 0.562. The Morgan fingerprint density at radius 1 is 1.40 bits per heavy atom. The van der Waals surface area contributed by atoms with E-state index >= 15 is 0 Å². The van der Waals surface area contributed by atoms with Gasteiger partial charge in [-0.1, -0.05) is 34.5 Å². The van der Waals surface area contributed by atoms with Crippen molar-refractivity contribution in [2.45, 2.75) is 51.1 Å². The van der Waals surface area contributed by atoms with Gasteiger partial charge in [-0.15, -0.1) is 0 Å². The van der Waals surface area contributed by atoms with E-state index in [1.54, 1.807) is 0 Å². The van der Waals surface area contributed by atoms with Gasteiger partial charge in [-0.05, 0) is 56.8 Å². The van der Waals surface area contributed by atoms with Crippen molar-refractivity contribution in [2.75, 3.05) is 6.54 Å². The Kier molecular flexibility index (Phi) is 6.05. The second-order valence-electron chi connectivity index (χ2n) is 5.58. The predicted octanol–water partition coefficient (Wildman–Crippen LogP) is 3.03. The highest BCUT2D eigenvalue weighted by Crippen LogP contribution is 2.13. The van der Waals surface area contributed by atoms with Crippen molar-refractivity contribution < 1.29 is 4.79 Å². The highest BCUT2D eigenvalue weighted by molar-refractivity contribution is 9.10. The molecule has 4 heteroatoms. The minimum atomic E-state index is 0.0129. The molecule has 2 unspecified atom stereocenters. The number of rotatable bonds is 5. The largest absolute Gasteiger partial charge is 0.352 e. The molecule has 2 atom stereocenters. The number of carbonyl (C=O) groups excluding carboxylic acids is 1. The minimum absolute atomic E-state index is 0.0129. The van der Waals surface area contributed by atoms with Gasteiger partial charge in [0.1, 0.15) is 0 Å². The van der Waals surface area contributed by atoms with Crippen LogP contribution in [-0.4, -0.2) is 24.5 Å². The van der Waals surface area contributed by atoms with Crippen LogP contribution in [0.4, 0.5) is 0 Å². The number of piperidine rings is 1. The lowest BCUT2D eigenvalue weighted by Crippen LogP contribution is -2.49. The van der Waals surface area contributed by atoms with Crippen LogP contribution in [0.25, 0.3) is 0 Å². The molecule has 2 N–H and O–H groups in total. The first-order valence-electron chi connectivity index (χ1n) is 7.43. The van der Waals surface area contributed by atoms with Crippen molar-refractivity contribution in [1.82, 2.24) is 10.6 Å². The Balaban J connectivity index is 1.73. The minimum Gasteiger partial charge on any atom is -0.352 e. The lowest BCUT2D eigenvalue weighted by Gasteiger charge is -2.24. The van der Waals surface area contributed by atoms with E-state index < -0.39 is 0 Å². The average molecular weight is 339 g/mol. The first-order valence-corrected chi connectivity index (χ1v) is 8.22. The number of benzene rings is 1. The smallest absolute Gasteiger partial charge is 0.237 e. The quantitative estimate of drug-likeness (QED) is 0.866. The maximum Gasteiger partial charge on any atom is 0.237 e. The first kappa shape index (κ1) is 15.5. The molecule has 0 radical (unpaired) electrons. The van der Waals surface area contributed by atoms with E-state index in [0.29, 0.717) is 0 Å². The van der Waals surface area contributed by atoms with Crippen molar-refractivity contribution in [3.63, 3.8) is 0 Å². The molecule has 1 amide bonds. The third-order valence-electron chi connectivity index (χ3n) is 3.79. The van der Waals surface area contributed by atoms with Gasteiger partial charge in [0.2, 0.25) is 5.91 Å². The molecule has 1 heterocycles. The Morgan fingerprint density at radius 3 is 2.80 bits per heavy atom. The van der Waals surface area contributed by atoms with E-state index in [-0.39, 0.29) is 18.0 Å². The topological polar surface area (TPSA) is 41.1 Å². The summed E-state index contributed by atoms with van der Waals surface area (Å²) in [5, 5.41) is 6.41. The summed E-state index contributed by atoms with van der Waals surface area (Å²) >= 11 is 3.44. The van der Waals surface area contributed by atoms with Gasteiger partial charge < -0.3 is 10.6 Å². The van der Waals surface area contributed by atoms with Crippen LogP contribution in [0.3, 0.4) is 0 Å². The molecule has 20 heavy (non-hydrogen) atoms. The maximum atomic E-state index is 12.1. The number of carbonyl (C=O) groups is 1. The zero-order chi connectivity index (χ0) is 14.4. The molecule has 1 aromatic carbocycles. The van der Waals surface area contributed by atoms with Crippen molar-refractivity contribution in [1.29, 1.82) is 0 Å². The van der Waals surface area contributed by atoms with Crippen LogP contribution in [0.2, 0.25) is 0 Å². The summed E-state index contributed by atoms with van der Waals surface area (Å²) in [6.07, 6.45) is 5.26. The fourth-order valence-electron chi connectivity index (χ4n) is 2.53. The van der Waals surface area contributed by atoms with Gasteiger partial charge >= 0.3 is 0 Å². The molecule has 2 rings (SSSR count). The summed E-state index contributed by atoms with van der Waals surface area (Å²) in [6.45, 7) is 3.05. The van der Waals surface area contributed by atoms with Gasteiger partial charge in [-0.25, -0.2) is 0 Å². The van der Waals surface area contributed by atoms with Gasteiger partial charge in [0, 0.05) is 10.5 Å². The zero-order valence-corrected chi connectivity index (χ0v) is 13.6. The molecular formula is C16H23BrN2O. The molecule has 0 bridgehead atoms. The fourth-order valence-corrected chi connectivity index (χ4v) is 2.79. The van der Waals surface area contributed by atoms with Crippen molar-refractivity contribution in [3.8, 4) is 0 Å². The summed E-state index contributed by atoms with van der Waals surface area (Å²) in [4.78, 5) is 12.1. The van der Waals surface area contributed by atoms with E-state index in [1.165, 1.54) is 12.0 Å². The second kappa shape index (κ2) is 7.79. The summed E-state index contributed by atoms with van der Waals surface area (Å²) in [5.74, 6) is 0.160. The summed E-state index contributed by atoms with van der Waals surface area (Å²) < 4.78 is 1.10. The SMILES string of the molecule is CC(CCc1ccc(Br)cc1)NC(=O)C1CCCCN1. The van der Waals surface area contributed by atoms with Crippen molar-refractivity contribution >= 4 is 21.8 Å². The highest BCUT2D eigenvalue weighted by atomic mass is 79.9. The molecule has 0 spiro atoms. The zero-order valence-electron chi connectivity index (χ0n) is 12.0. The molecule has 1 aromatic rings. The lowest BCUT2D eigenvalue weighted by atomic mass is 10.0. The van der Waals surface area contributed by atoms with Crippen LogP contribution in [0, 0.1) is 0 Å². The second-order valence-corrected chi connectivity index (χ2v) is 6.49. The predicted molar refractivity (Wildman–Crippen MR) is 85.7 cm³/mol. The van der Waals surface area contributed by atoms with Gasteiger partial charge in [-0.3, -0.25) is 4.79 Å². The standard InChI is InChI=1S/C16H23BrN2O/c1-12(5-6-13-7-9-14(17)10-8-13)19-16(20)15-4-2-3-11-18-15/h7-10,12,15,18H,2-6,11H2,1H3,(H,19,20). The number of hydrogen-bond acceptors (Lipinski definition) is 2. The molecule has 1 aliphatic rings. The van der Waals surface area contributed by atoms with Crippen LogP contribution in [0.1, 0.15) is 38.2 Å². The Bertz CT molecular complexity index is 427. The third kappa shape index (κ3) is 4.91. The van der Waals surface area contributed by atoms with E-state index in [2.05, 4.69) is 57.8 Å². The molecule has 0 saturated carbocycles. The third-order valence-corrected chi connectivity index (χ3v) is 4.32. The first-order chi connectivity index (χ1) is 9.65. The highest BCUT2D eigenvalue weighted by Gasteiger charge is 2.21. The van der Waals surface area contributed by atoms with E-state index in [1.807, 2.05) is 0 Å². The molecule has 0 aromatic heterocycles. The van der Waals surface area contributed by atoms with E-state index in [9.17, 15) is 4.79 Å². The van der Waals surface area contributed by atoms with Crippen LogP contribution in [-0.2, 0) is 11.2 Å². The molecule has 1 aliphatic heterocycles. The number of aryl methyl sites for hydroxylation is 1. The summed E-state index contributed by atoms with van der Waals surface area (Å²) in [7, 11) is 0. The molecule has 110 valence electrons. The van der Waals surface area contributed by atoms with Gasteiger partial charge in [0.15, 0.2) is 0 Å². The molecule has 0 aliphatic carbocycles. The summed E-state index contributed by atoms with van der Waals surface area (Å²) in [6, 6.07) is 8.60. The monoisotopic (exact) mass is 338 g/mol. The number of halogens is 1. The van der Waals surface area contributed by atoms with E-state index in [4.69, 9.17) is 0 Å². The lowest BCUT2D eigenvalue weighted by molar-refractivity contribution is -0.124. The van der Waals surface area contributed by atoms with Crippen LogP contribution >= 0.6 is 15.9 Å². The number of amides is 1. The Morgan fingerprint density at radius 2 is 2.15 bits per heavy atom. The van der Waals surface area contributed by atoms with Gasteiger partial charge in [0.25, 0.3) is 0 Å². The van der Waals surface area contributed by atoms with Crippen LogP contribution < -0.4 is 10.6 Å². The number of nitrogens with one attached hydrogen (secondary N) is 2. The van der Waals surface area contributed by atoms with Crippen LogP contribution in [0.5, 0.6) is 0 Å². The summed E-state index contributed by atoms with van der Waals surface area (Å²) in [5.41, 5.74) is 1.31. The molecule has 1 saturated heterocycles. The normalized spacial score (nSPS) is 20.4. The van der Waals surface area contributed by atoms with Gasteiger partial charge in [-0.2, -0.15) is 0 Å². The molecule has 1 fully saturated rings. The Labute approximate surface area is 129 Å². The average Bonchev–Trinajstić information content (AvgIpc) is 2.47. The van der Waals surface area contributed by atoms with E-state index in [0.717, 1.165) is 36.7 Å². The maximum absolute atomic E-state index is 12.1. The van der Waals surface area contributed by atoms with Crippen molar-refractivity contribution in [2.24, 2.45) is 0 Å². The van der Waals surface area contributed by atoms with Crippen LogP contribution in [0.15, 0.2) is 28.7 Å². The Hall–Kier alpha value is -0.870. The number of hydrogen-bond donors (Lipinski definition) is 2.